The first-order chi connectivity index (χ1) is 5.68. The molecule has 5 N–H and O–H groups in total. The van der Waals surface area contributed by atoms with E-state index in [1.807, 2.05) is 0 Å². The van der Waals surface area contributed by atoms with E-state index < -0.39 is 20.0 Å². The Kier molecular flexibility index (Phi) is 6.62. The minimum Gasteiger partial charge on any atom is -0.392 e. The molecule has 0 saturated carbocycles. The number of terminal acetylenes is 1. The second-order valence-corrected chi connectivity index (χ2v) is 2.88. The standard InChI is InChI=1S/C5H6O3.H3O4P/c1-2-5(8,3-6)4-7;1-5(2,3)4/h1,3,7-8H,4H2;(H3,1,2,3,4). The summed E-state index contributed by atoms with van der Waals surface area (Å²) in [5, 5.41) is 16.7. The normalized spacial score (nSPS) is 14.5. The molecule has 0 saturated heterocycles. The second kappa shape index (κ2) is 5.83. The Morgan fingerprint density at radius 3 is 1.77 bits per heavy atom. The largest absolute Gasteiger partial charge is 0.466 e. The van der Waals surface area contributed by atoms with Crippen molar-refractivity contribution in [3.05, 3.63) is 0 Å². The predicted octanol–water partition coefficient (Wildman–Crippen LogP) is -2.39. The third kappa shape index (κ3) is 14.2. The number of rotatable bonds is 2. The van der Waals surface area contributed by atoms with Crippen LogP contribution in [0.2, 0.25) is 0 Å². The second-order valence-electron chi connectivity index (χ2n) is 1.86. The maximum atomic E-state index is 9.74. The van der Waals surface area contributed by atoms with Gasteiger partial charge in [-0.2, -0.15) is 0 Å². The van der Waals surface area contributed by atoms with Crippen LogP contribution in [-0.2, 0) is 9.36 Å². The van der Waals surface area contributed by atoms with Gasteiger partial charge in [0.25, 0.3) is 0 Å². The molecule has 0 aromatic carbocycles. The fourth-order valence-electron chi connectivity index (χ4n) is 0.117. The summed E-state index contributed by atoms with van der Waals surface area (Å²) in [4.78, 5) is 31.3. The molecule has 1 atom stereocenters. The molecule has 0 fully saturated rings. The number of aliphatic hydroxyl groups excluding tert-OH is 1. The molecule has 0 radical (unpaired) electrons. The fourth-order valence-corrected chi connectivity index (χ4v) is 0.117. The quantitative estimate of drug-likeness (QED) is 0.196. The van der Waals surface area contributed by atoms with Crippen molar-refractivity contribution in [2.24, 2.45) is 0 Å². The smallest absolute Gasteiger partial charge is 0.392 e. The lowest BCUT2D eigenvalue weighted by Crippen LogP contribution is -2.32. The van der Waals surface area contributed by atoms with Crippen molar-refractivity contribution >= 4 is 14.1 Å². The zero-order chi connectivity index (χ0) is 11.1. The molecule has 0 rings (SSSR count). The van der Waals surface area contributed by atoms with Crippen molar-refractivity contribution in [2.75, 3.05) is 6.61 Å². The molecular weight excluding hydrogens is 203 g/mol. The molecule has 0 aromatic rings. The van der Waals surface area contributed by atoms with Crippen LogP contribution in [0.3, 0.4) is 0 Å². The van der Waals surface area contributed by atoms with Gasteiger partial charge in [0.05, 0.1) is 6.61 Å². The lowest BCUT2D eigenvalue weighted by molar-refractivity contribution is -0.121. The van der Waals surface area contributed by atoms with E-state index in [1.54, 1.807) is 5.92 Å². The molecule has 0 spiro atoms. The van der Waals surface area contributed by atoms with Crippen LogP contribution in [0.5, 0.6) is 0 Å². The highest BCUT2D eigenvalue weighted by Gasteiger charge is 2.20. The molecule has 76 valence electrons. The summed E-state index contributed by atoms with van der Waals surface area (Å²) in [6.45, 7) is -0.729. The number of carbonyl (C=O) groups is 1. The molecule has 0 heterocycles. The van der Waals surface area contributed by atoms with E-state index in [4.69, 9.17) is 29.5 Å². The summed E-state index contributed by atoms with van der Waals surface area (Å²) >= 11 is 0. The SMILES string of the molecule is C#CC(O)(C=O)CO.O=P(O)(O)O. The zero-order valence-electron chi connectivity index (χ0n) is 6.36. The van der Waals surface area contributed by atoms with Crippen molar-refractivity contribution in [2.45, 2.75) is 5.60 Å². The summed E-state index contributed by atoms with van der Waals surface area (Å²) in [5.41, 5.74) is -1.97. The average Bonchev–Trinajstić information content (AvgIpc) is 2.00. The Morgan fingerprint density at radius 1 is 1.46 bits per heavy atom. The maximum Gasteiger partial charge on any atom is 0.466 e. The number of aldehydes is 1. The van der Waals surface area contributed by atoms with Crippen LogP contribution in [0.25, 0.3) is 0 Å². The Hall–Kier alpha value is -0.740. The van der Waals surface area contributed by atoms with E-state index in [0.717, 1.165) is 0 Å². The van der Waals surface area contributed by atoms with Crippen molar-refractivity contribution in [1.29, 1.82) is 0 Å². The zero-order valence-corrected chi connectivity index (χ0v) is 7.26. The van der Waals surface area contributed by atoms with E-state index in [-0.39, 0.29) is 6.29 Å². The number of hydrogen-bond donors (Lipinski definition) is 5. The summed E-state index contributed by atoms with van der Waals surface area (Å²) in [5.74, 6) is 1.72. The molecule has 8 heteroatoms. The lowest BCUT2D eigenvalue weighted by Gasteiger charge is -2.07. The van der Waals surface area contributed by atoms with Crippen LogP contribution in [0, 0.1) is 12.3 Å². The van der Waals surface area contributed by atoms with Crippen molar-refractivity contribution in [3.63, 3.8) is 0 Å². The number of phosphoric acid groups is 1. The maximum absolute atomic E-state index is 9.74. The Bertz CT molecular complexity index is 229. The molecule has 0 bridgehead atoms. The topological polar surface area (TPSA) is 135 Å². The minimum atomic E-state index is -4.64. The van der Waals surface area contributed by atoms with Crippen molar-refractivity contribution in [3.8, 4) is 12.3 Å². The summed E-state index contributed by atoms with van der Waals surface area (Å²) in [6, 6.07) is 0. The highest BCUT2D eigenvalue weighted by atomic mass is 31.2. The lowest BCUT2D eigenvalue weighted by atomic mass is 10.1. The van der Waals surface area contributed by atoms with Gasteiger partial charge in [-0.1, -0.05) is 5.92 Å². The first-order valence-electron chi connectivity index (χ1n) is 2.74. The summed E-state index contributed by atoms with van der Waals surface area (Å²) in [7, 11) is -4.64. The van der Waals surface area contributed by atoms with E-state index in [2.05, 4.69) is 6.42 Å². The number of hydrogen-bond acceptors (Lipinski definition) is 4. The van der Waals surface area contributed by atoms with Gasteiger partial charge in [0.15, 0.2) is 6.29 Å². The average molecular weight is 212 g/mol. The monoisotopic (exact) mass is 212 g/mol. The van der Waals surface area contributed by atoms with E-state index in [1.165, 1.54) is 0 Å². The van der Waals surface area contributed by atoms with Gasteiger partial charge in [-0.05, 0) is 0 Å². The molecule has 0 aliphatic rings. The molecule has 0 aromatic heterocycles. The van der Waals surface area contributed by atoms with Gasteiger partial charge in [0.1, 0.15) is 0 Å². The highest BCUT2D eigenvalue weighted by molar-refractivity contribution is 7.45. The molecule has 13 heavy (non-hydrogen) atoms. The predicted molar refractivity (Wildman–Crippen MR) is 41.2 cm³/mol. The number of aliphatic hydroxyl groups is 2. The van der Waals surface area contributed by atoms with Gasteiger partial charge in [0, 0.05) is 0 Å². The Labute approximate surface area is 73.9 Å². The van der Waals surface area contributed by atoms with Crippen molar-refractivity contribution < 1.29 is 34.3 Å². The fraction of sp³-hybridized carbons (Fsp3) is 0.400. The van der Waals surface area contributed by atoms with Crippen LogP contribution in [0.4, 0.5) is 0 Å². The molecular formula is C5H9O7P. The van der Waals surface area contributed by atoms with Gasteiger partial charge < -0.3 is 24.9 Å². The number of carbonyl (C=O) groups excluding carboxylic acids is 1. The van der Waals surface area contributed by atoms with E-state index in [9.17, 15) is 4.79 Å². The van der Waals surface area contributed by atoms with Gasteiger partial charge >= 0.3 is 7.82 Å². The van der Waals surface area contributed by atoms with Crippen LogP contribution in [-0.4, -0.2) is 43.4 Å². The van der Waals surface area contributed by atoms with Gasteiger partial charge in [0.2, 0.25) is 5.60 Å². The molecule has 7 nitrogen and oxygen atoms in total. The van der Waals surface area contributed by atoms with Crippen LogP contribution < -0.4 is 0 Å². The van der Waals surface area contributed by atoms with Gasteiger partial charge in [-0.3, -0.25) is 4.79 Å². The van der Waals surface area contributed by atoms with Gasteiger partial charge in [-0.25, -0.2) is 4.57 Å². The van der Waals surface area contributed by atoms with Crippen LogP contribution in [0.1, 0.15) is 0 Å². The van der Waals surface area contributed by atoms with Crippen LogP contribution in [0.15, 0.2) is 0 Å². The third-order valence-electron chi connectivity index (χ3n) is 0.686. The molecule has 0 aliphatic carbocycles. The Balaban J connectivity index is 0. The summed E-state index contributed by atoms with van der Waals surface area (Å²) < 4.78 is 8.88. The van der Waals surface area contributed by atoms with Crippen LogP contribution >= 0.6 is 7.82 Å². The summed E-state index contributed by atoms with van der Waals surface area (Å²) in [6.07, 6.45) is 4.75. The first-order valence-corrected chi connectivity index (χ1v) is 4.30. The molecule has 1 unspecified atom stereocenters. The Morgan fingerprint density at radius 2 is 1.77 bits per heavy atom. The highest BCUT2D eigenvalue weighted by Crippen LogP contribution is 2.25. The first kappa shape index (κ1) is 14.8. The molecule has 0 aliphatic heterocycles. The van der Waals surface area contributed by atoms with Crippen molar-refractivity contribution in [1.82, 2.24) is 0 Å². The van der Waals surface area contributed by atoms with E-state index in [0.29, 0.717) is 0 Å². The van der Waals surface area contributed by atoms with Gasteiger partial charge in [-0.15, -0.1) is 6.42 Å². The molecule has 0 amide bonds. The third-order valence-corrected chi connectivity index (χ3v) is 0.686. The minimum absolute atomic E-state index is 0.118. The van der Waals surface area contributed by atoms with E-state index >= 15 is 0 Å².